The number of aliphatic carboxylic acids is 1. The Morgan fingerprint density at radius 1 is 1.71 bits per heavy atom. The van der Waals surface area contributed by atoms with E-state index >= 15 is 0 Å². The summed E-state index contributed by atoms with van der Waals surface area (Å²) in [5.74, 6) is -1.49. The Morgan fingerprint density at radius 3 is 2.82 bits per heavy atom. The summed E-state index contributed by atoms with van der Waals surface area (Å²) in [6.07, 6.45) is -0.818. The zero-order valence-corrected chi connectivity index (χ0v) is 9.90. The summed E-state index contributed by atoms with van der Waals surface area (Å²) in [5.41, 5.74) is 5.43. The van der Waals surface area contributed by atoms with Crippen LogP contribution in [0.4, 0.5) is 0 Å². The number of β-lactam (4-membered cyclic amide) rings is 1. The van der Waals surface area contributed by atoms with Gasteiger partial charge in [-0.3, -0.25) is 15.0 Å². The molecule has 0 aromatic rings. The van der Waals surface area contributed by atoms with E-state index in [2.05, 4.69) is 5.32 Å². The van der Waals surface area contributed by atoms with Gasteiger partial charge in [-0.25, -0.2) is 4.79 Å². The SMILES string of the molecule is C[C@@H](O)N[C@H]1C(=O)N2C(C(=O)O)=C(CN)S[C@H]12. The smallest absolute Gasteiger partial charge is 0.353 e. The van der Waals surface area contributed by atoms with Crippen LogP contribution in [0, 0.1) is 0 Å². The molecule has 1 amide bonds. The van der Waals surface area contributed by atoms with Crippen LogP contribution in [0.1, 0.15) is 6.92 Å². The van der Waals surface area contributed by atoms with E-state index in [4.69, 9.17) is 10.8 Å². The number of hydrogen-bond donors (Lipinski definition) is 4. The molecule has 17 heavy (non-hydrogen) atoms. The highest BCUT2D eigenvalue weighted by molar-refractivity contribution is 8.04. The monoisotopic (exact) mass is 259 g/mol. The zero-order valence-electron chi connectivity index (χ0n) is 9.08. The molecule has 0 aromatic carbocycles. The van der Waals surface area contributed by atoms with Crippen molar-refractivity contribution in [2.75, 3.05) is 6.54 Å². The molecule has 2 aliphatic rings. The van der Waals surface area contributed by atoms with Crippen LogP contribution in [0.3, 0.4) is 0 Å². The first kappa shape index (κ1) is 12.4. The van der Waals surface area contributed by atoms with E-state index in [1.54, 1.807) is 0 Å². The fraction of sp³-hybridized carbons (Fsp3) is 0.556. The van der Waals surface area contributed by atoms with E-state index < -0.39 is 18.2 Å². The van der Waals surface area contributed by atoms with Crippen LogP contribution < -0.4 is 11.1 Å². The van der Waals surface area contributed by atoms with E-state index in [0.717, 1.165) is 0 Å². The van der Waals surface area contributed by atoms with Gasteiger partial charge in [-0.05, 0) is 6.92 Å². The summed E-state index contributed by atoms with van der Waals surface area (Å²) in [4.78, 5) is 24.5. The molecule has 8 heteroatoms. The van der Waals surface area contributed by atoms with Crippen LogP contribution in [0.25, 0.3) is 0 Å². The average Bonchev–Trinajstić information content (AvgIpc) is 2.61. The Hall–Kier alpha value is -1.09. The average molecular weight is 259 g/mol. The molecule has 94 valence electrons. The second-order valence-corrected chi connectivity index (χ2v) is 5.03. The molecule has 0 aliphatic carbocycles. The fourth-order valence-corrected chi connectivity index (χ4v) is 3.27. The van der Waals surface area contributed by atoms with Gasteiger partial charge in [-0.2, -0.15) is 0 Å². The van der Waals surface area contributed by atoms with E-state index in [-0.39, 0.29) is 23.5 Å². The maximum atomic E-state index is 11.8. The lowest BCUT2D eigenvalue weighted by molar-refractivity contribution is -0.149. The van der Waals surface area contributed by atoms with Crippen molar-refractivity contribution in [2.24, 2.45) is 5.73 Å². The molecule has 0 spiro atoms. The standard InChI is InChI=1S/C9H13N3O4S/c1-3(13)11-5-7(14)12-6(9(15)16)4(2-10)17-8(5)12/h3,5,8,11,13H,2,10H2,1H3,(H,15,16)/t3-,5+,8-/m1/s1. The van der Waals surface area contributed by atoms with E-state index in [9.17, 15) is 14.7 Å². The molecular formula is C9H13N3O4S. The Morgan fingerprint density at radius 2 is 2.35 bits per heavy atom. The Labute approximate surface area is 102 Å². The molecule has 1 fully saturated rings. The zero-order chi connectivity index (χ0) is 12.7. The number of thioether (sulfide) groups is 1. The molecular weight excluding hydrogens is 246 g/mol. The molecule has 7 nitrogen and oxygen atoms in total. The summed E-state index contributed by atoms with van der Waals surface area (Å²) in [5, 5.41) is 20.6. The number of rotatable bonds is 4. The van der Waals surface area contributed by atoms with Gasteiger partial charge in [0.1, 0.15) is 23.3 Å². The largest absolute Gasteiger partial charge is 0.477 e. The minimum absolute atomic E-state index is 0.0313. The number of fused-ring (bicyclic) bond motifs is 1. The predicted molar refractivity (Wildman–Crippen MR) is 60.5 cm³/mol. The number of carboxylic acids is 1. The molecule has 3 atom stereocenters. The Kier molecular flexibility index (Phi) is 3.13. The number of nitrogens with one attached hydrogen (secondary N) is 1. The van der Waals surface area contributed by atoms with Gasteiger partial charge in [0, 0.05) is 11.4 Å². The van der Waals surface area contributed by atoms with Gasteiger partial charge in [-0.15, -0.1) is 0 Å². The number of nitrogens with zero attached hydrogens (tertiary/aromatic N) is 1. The highest BCUT2D eigenvalue weighted by Crippen LogP contribution is 2.45. The molecule has 2 rings (SSSR count). The van der Waals surface area contributed by atoms with Gasteiger partial charge in [0.25, 0.3) is 0 Å². The minimum Gasteiger partial charge on any atom is -0.477 e. The first-order valence-electron chi connectivity index (χ1n) is 5.07. The van der Waals surface area contributed by atoms with Gasteiger partial charge in [0.15, 0.2) is 0 Å². The van der Waals surface area contributed by atoms with Crippen molar-refractivity contribution in [2.45, 2.75) is 24.6 Å². The summed E-state index contributed by atoms with van der Waals surface area (Å²) < 4.78 is 0. The number of carboxylic acid groups (broad SMARTS) is 1. The quantitative estimate of drug-likeness (QED) is 0.357. The van der Waals surface area contributed by atoms with Gasteiger partial charge in [0.2, 0.25) is 5.91 Å². The van der Waals surface area contributed by atoms with Crippen LogP contribution in [0.5, 0.6) is 0 Å². The maximum Gasteiger partial charge on any atom is 0.353 e. The van der Waals surface area contributed by atoms with Gasteiger partial charge >= 0.3 is 5.97 Å². The van der Waals surface area contributed by atoms with Gasteiger partial charge in [0.05, 0.1) is 0 Å². The van der Waals surface area contributed by atoms with Crippen molar-refractivity contribution in [3.8, 4) is 0 Å². The molecule has 5 N–H and O–H groups in total. The van der Waals surface area contributed by atoms with Gasteiger partial charge < -0.3 is 15.9 Å². The summed E-state index contributed by atoms with van der Waals surface area (Å²) in [6, 6.07) is -0.557. The molecule has 2 aliphatic heterocycles. The van der Waals surface area contributed by atoms with Crippen LogP contribution in [-0.4, -0.2) is 51.2 Å². The molecule has 0 bridgehead atoms. The number of aliphatic hydroxyl groups is 1. The molecule has 0 saturated carbocycles. The number of hydrogen-bond acceptors (Lipinski definition) is 6. The maximum absolute atomic E-state index is 11.8. The van der Waals surface area contributed by atoms with E-state index in [0.29, 0.717) is 4.91 Å². The topological polar surface area (TPSA) is 116 Å². The second-order valence-electron chi connectivity index (χ2n) is 3.82. The van der Waals surface area contributed by atoms with Crippen LogP contribution in [0.15, 0.2) is 10.6 Å². The van der Waals surface area contributed by atoms with Crippen molar-refractivity contribution in [3.05, 3.63) is 10.6 Å². The Bertz CT molecular complexity index is 409. The lowest BCUT2D eigenvalue weighted by Gasteiger charge is -2.43. The molecule has 1 saturated heterocycles. The number of carbonyl (C=O) groups excluding carboxylic acids is 1. The summed E-state index contributed by atoms with van der Waals surface area (Å²) >= 11 is 1.26. The molecule has 0 aromatic heterocycles. The van der Waals surface area contributed by atoms with Gasteiger partial charge in [-0.1, -0.05) is 11.8 Å². The first-order chi connectivity index (χ1) is 7.97. The summed E-state index contributed by atoms with van der Waals surface area (Å²) in [7, 11) is 0. The third-order valence-corrected chi connectivity index (χ3v) is 3.99. The molecule has 0 unspecified atom stereocenters. The lowest BCUT2D eigenvalue weighted by Crippen LogP contribution is -2.68. The predicted octanol–water partition coefficient (Wildman–Crippen LogP) is -1.55. The van der Waals surface area contributed by atoms with Crippen LogP contribution >= 0.6 is 11.8 Å². The highest BCUT2D eigenvalue weighted by Gasteiger charge is 2.55. The minimum atomic E-state index is -1.15. The summed E-state index contributed by atoms with van der Waals surface area (Å²) in [6.45, 7) is 1.60. The third-order valence-electron chi connectivity index (χ3n) is 2.62. The second kappa shape index (κ2) is 4.30. The van der Waals surface area contributed by atoms with Crippen molar-refractivity contribution in [3.63, 3.8) is 0 Å². The van der Waals surface area contributed by atoms with E-state index in [1.807, 2.05) is 0 Å². The number of amides is 1. The number of aliphatic hydroxyl groups excluding tert-OH is 1. The normalized spacial score (nSPS) is 29.1. The Balaban J connectivity index is 2.19. The van der Waals surface area contributed by atoms with Crippen LogP contribution in [0.2, 0.25) is 0 Å². The van der Waals surface area contributed by atoms with E-state index in [1.165, 1.54) is 23.6 Å². The lowest BCUT2D eigenvalue weighted by atomic mass is 10.1. The molecule has 2 heterocycles. The fourth-order valence-electron chi connectivity index (χ4n) is 1.94. The number of nitrogens with two attached hydrogens (primary N) is 1. The van der Waals surface area contributed by atoms with Crippen LogP contribution in [-0.2, 0) is 9.59 Å². The van der Waals surface area contributed by atoms with Crippen molar-refractivity contribution < 1.29 is 19.8 Å². The van der Waals surface area contributed by atoms with Crippen molar-refractivity contribution >= 4 is 23.6 Å². The highest BCUT2D eigenvalue weighted by atomic mass is 32.2. The van der Waals surface area contributed by atoms with Crippen molar-refractivity contribution in [1.82, 2.24) is 10.2 Å². The third kappa shape index (κ3) is 1.82. The first-order valence-corrected chi connectivity index (χ1v) is 5.95. The number of carbonyl (C=O) groups is 2. The van der Waals surface area contributed by atoms with Crippen molar-refractivity contribution in [1.29, 1.82) is 0 Å². The molecule has 0 radical (unpaired) electrons.